The van der Waals surface area contributed by atoms with Gasteiger partial charge in [-0.25, -0.2) is 4.79 Å². The Bertz CT molecular complexity index is 1360. The standard InChI is InChI=1S/C32H41N3O11/c1-32(2,3)46-26(39)15-35(25(38)14-24(37)34-30-29(42)28(41)27(40)23(16-36)45-30)13-12-33-31(43)44-17-22-20-10-6-4-8-18(20)19-9-5-7-11-21(19)22/h4-11,22-23,27-30,36,40-42H,12-17H2,1-3H3,(H,33,43)(H,34,37)/t23-,27-,28+,29-,30-/m1/s1. The van der Waals surface area contributed by atoms with Crippen molar-refractivity contribution >= 4 is 23.9 Å². The molecule has 1 fully saturated rings. The van der Waals surface area contributed by atoms with E-state index in [1.807, 2.05) is 48.5 Å². The molecule has 46 heavy (non-hydrogen) atoms. The summed E-state index contributed by atoms with van der Waals surface area (Å²) in [5.74, 6) is -2.61. The Kier molecular flexibility index (Phi) is 11.3. The Morgan fingerprint density at radius 3 is 2.11 bits per heavy atom. The number of benzene rings is 2. The maximum atomic E-state index is 13.1. The van der Waals surface area contributed by atoms with Gasteiger partial charge in [0.2, 0.25) is 11.8 Å². The van der Waals surface area contributed by atoms with Gasteiger partial charge >= 0.3 is 12.1 Å². The molecule has 2 aliphatic rings. The summed E-state index contributed by atoms with van der Waals surface area (Å²) in [4.78, 5) is 52.0. The van der Waals surface area contributed by atoms with Crippen LogP contribution < -0.4 is 10.6 Å². The second-order valence-corrected chi connectivity index (χ2v) is 12.1. The molecule has 6 N–H and O–H groups in total. The third-order valence-electron chi connectivity index (χ3n) is 7.59. The zero-order valence-corrected chi connectivity index (χ0v) is 25.9. The zero-order valence-electron chi connectivity index (χ0n) is 25.9. The van der Waals surface area contributed by atoms with E-state index in [1.54, 1.807) is 20.8 Å². The summed E-state index contributed by atoms with van der Waals surface area (Å²) >= 11 is 0. The van der Waals surface area contributed by atoms with Crippen molar-refractivity contribution in [2.24, 2.45) is 0 Å². The summed E-state index contributed by atoms with van der Waals surface area (Å²) in [5.41, 5.74) is 3.42. The molecule has 5 atom stereocenters. The number of hydrogen-bond donors (Lipinski definition) is 6. The van der Waals surface area contributed by atoms with Crippen molar-refractivity contribution in [2.45, 2.75) is 69.4 Å². The number of rotatable bonds is 11. The number of alkyl carbamates (subject to hydrolysis) is 1. The molecule has 0 radical (unpaired) electrons. The van der Waals surface area contributed by atoms with Crippen molar-refractivity contribution in [2.75, 3.05) is 32.8 Å². The quantitative estimate of drug-likeness (QED) is 0.142. The summed E-state index contributed by atoms with van der Waals surface area (Å²) in [6.45, 7) is 3.55. The monoisotopic (exact) mass is 643 g/mol. The molecule has 1 heterocycles. The Hall–Kier alpha value is -4.08. The van der Waals surface area contributed by atoms with E-state index in [1.165, 1.54) is 0 Å². The molecule has 0 unspecified atom stereocenters. The zero-order chi connectivity index (χ0) is 33.6. The second kappa shape index (κ2) is 15.0. The fourth-order valence-corrected chi connectivity index (χ4v) is 5.44. The highest BCUT2D eigenvalue weighted by Crippen LogP contribution is 2.44. The number of carbonyl (C=O) groups excluding carboxylic acids is 4. The van der Waals surface area contributed by atoms with Crippen LogP contribution in [0.25, 0.3) is 11.1 Å². The molecule has 0 spiro atoms. The van der Waals surface area contributed by atoms with E-state index in [2.05, 4.69) is 10.6 Å². The van der Waals surface area contributed by atoms with Crippen LogP contribution in [-0.2, 0) is 28.6 Å². The van der Waals surface area contributed by atoms with Crippen LogP contribution in [0, 0.1) is 0 Å². The van der Waals surface area contributed by atoms with E-state index in [0.717, 1.165) is 27.2 Å². The summed E-state index contributed by atoms with van der Waals surface area (Å²) in [6.07, 6.45) is -9.38. The van der Waals surface area contributed by atoms with Gasteiger partial charge in [0.05, 0.1) is 6.61 Å². The minimum Gasteiger partial charge on any atom is -0.459 e. The maximum Gasteiger partial charge on any atom is 0.407 e. The molecule has 0 aromatic heterocycles. The maximum absolute atomic E-state index is 13.1. The average Bonchev–Trinajstić information content (AvgIpc) is 3.32. The largest absolute Gasteiger partial charge is 0.459 e. The second-order valence-electron chi connectivity index (χ2n) is 12.1. The number of aliphatic hydroxyl groups is 4. The van der Waals surface area contributed by atoms with Crippen LogP contribution in [0.5, 0.6) is 0 Å². The van der Waals surface area contributed by atoms with E-state index in [9.17, 15) is 39.6 Å². The van der Waals surface area contributed by atoms with Gasteiger partial charge in [-0.05, 0) is 43.0 Å². The highest BCUT2D eigenvalue weighted by atomic mass is 16.6. The molecule has 1 aliphatic heterocycles. The van der Waals surface area contributed by atoms with E-state index in [4.69, 9.17) is 14.2 Å². The van der Waals surface area contributed by atoms with Crippen molar-refractivity contribution in [3.8, 4) is 11.1 Å². The van der Waals surface area contributed by atoms with Gasteiger partial charge in [-0.3, -0.25) is 14.4 Å². The predicted molar refractivity (Wildman–Crippen MR) is 162 cm³/mol. The van der Waals surface area contributed by atoms with Gasteiger partial charge < -0.3 is 50.2 Å². The van der Waals surface area contributed by atoms with Crippen LogP contribution in [0.3, 0.4) is 0 Å². The first-order chi connectivity index (χ1) is 21.8. The number of esters is 1. The fourth-order valence-electron chi connectivity index (χ4n) is 5.44. The number of ether oxygens (including phenoxy) is 3. The smallest absolute Gasteiger partial charge is 0.407 e. The van der Waals surface area contributed by atoms with Crippen LogP contribution in [0.2, 0.25) is 0 Å². The number of hydrogen-bond acceptors (Lipinski definition) is 11. The van der Waals surface area contributed by atoms with Crippen molar-refractivity contribution in [3.63, 3.8) is 0 Å². The Labute approximate surface area is 266 Å². The number of carbonyl (C=O) groups is 4. The van der Waals surface area contributed by atoms with Crippen LogP contribution in [0.1, 0.15) is 44.2 Å². The lowest BCUT2D eigenvalue weighted by atomic mass is 9.98. The topological polar surface area (TPSA) is 204 Å². The first-order valence-corrected chi connectivity index (χ1v) is 15.0. The Balaban J connectivity index is 1.32. The molecule has 4 rings (SSSR count). The summed E-state index contributed by atoms with van der Waals surface area (Å²) < 4.78 is 16.1. The number of aliphatic hydroxyl groups excluding tert-OH is 4. The van der Waals surface area contributed by atoms with Gasteiger partial charge in [0.1, 0.15) is 49.6 Å². The van der Waals surface area contributed by atoms with Gasteiger partial charge in [-0.1, -0.05) is 48.5 Å². The predicted octanol–water partition coefficient (Wildman–Crippen LogP) is 0.00160. The van der Waals surface area contributed by atoms with Crippen molar-refractivity contribution < 1.29 is 53.8 Å². The highest BCUT2D eigenvalue weighted by molar-refractivity contribution is 5.98. The number of nitrogens with zero attached hydrogens (tertiary/aromatic N) is 1. The van der Waals surface area contributed by atoms with Crippen LogP contribution >= 0.6 is 0 Å². The highest BCUT2D eigenvalue weighted by Gasteiger charge is 2.44. The molecule has 0 bridgehead atoms. The minimum atomic E-state index is -1.74. The van der Waals surface area contributed by atoms with Gasteiger partial charge in [-0.15, -0.1) is 0 Å². The Morgan fingerprint density at radius 1 is 0.913 bits per heavy atom. The number of nitrogens with one attached hydrogen (secondary N) is 2. The molecule has 1 aliphatic carbocycles. The van der Waals surface area contributed by atoms with E-state index >= 15 is 0 Å². The normalized spacial score (nSPS) is 22.3. The summed E-state index contributed by atoms with van der Waals surface area (Å²) in [7, 11) is 0. The molecular formula is C32H41N3O11. The third-order valence-corrected chi connectivity index (χ3v) is 7.59. The first kappa shape index (κ1) is 34.8. The number of fused-ring (bicyclic) bond motifs is 3. The van der Waals surface area contributed by atoms with Gasteiger partial charge in [0, 0.05) is 19.0 Å². The Morgan fingerprint density at radius 2 is 1.52 bits per heavy atom. The van der Waals surface area contributed by atoms with E-state index in [-0.39, 0.29) is 25.6 Å². The third kappa shape index (κ3) is 8.59. The molecule has 14 heteroatoms. The molecule has 2 aromatic carbocycles. The summed E-state index contributed by atoms with van der Waals surface area (Å²) in [5, 5.41) is 44.2. The summed E-state index contributed by atoms with van der Waals surface area (Å²) in [6, 6.07) is 15.8. The van der Waals surface area contributed by atoms with E-state index < -0.39 is 79.7 Å². The molecule has 1 saturated heterocycles. The first-order valence-electron chi connectivity index (χ1n) is 15.0. The van der Waals surface area contributed by atoms with Crippen molar-refractivity contribution in [3.05, 3.63) is 59.7 Å². The van der Waals surface area contributed by atoms with Crippen LogP contribution in [0.15, 0.2) is 48.5 Å². The van der Waals surface area contributed by atoms with Crippen molar-refractivity contribution in [1.82, 2.24) is 15.5 Å². The van der Waals surface area contributed by atoms with E-state index in [0.29, 0.717) is 0 Å². The molecule has 2 aromatic rings. The average molecular weight is 644 g/mol. The lowest BCUT2D eigenvalue weighted by Crippen LogP contribution is -2.63. The number of amides is 3. The van der Waals surface area contributed by atoms with Gasteiger partial charge in [0.15, 0.2) is 6.23 Å². The minimum absolute atomic E-state index is 0.0819. The lowest BCUT2D eigenvalue weighted by Gasteiger charge is -2.40. The molecular weight excluding hydrogens is 602 g/mol. The SMILES string of the molecule is CC(C)(C)OC(=O)CN(CCNC(=O)OCC1c2ccccc2-c2ccccc21)C(=O)CC(=O)N[C@@H]1O[C@H](CO)[C@@H](O)[C@H](O)[C@H]1O. The van der Waals surface area contributed by atoms with Crippen LogP contribution in [0.4, 0.5) is 4.79 Å². The lowest BCUT2D eigenvalue weighted by molar-refractivity contribution is -0.235. The molecule has 0 saturated carbocycles. The van der Waals surface area contributed by atoms with Crippen LogP contribution in [-0.4, -0.2) is 118 Å². The molecule has 3 amide bonds. The van der Waals surface area contributed by atoms with Gasteiger partial charge in [-0.2, -0.15) is 0 Å². The molecule has 250 valence electrons. The molecule has 14 nitrogen and oxygen atoms in total. The fraction of sp³-hybridized carbons (Fsp3) is 0.500. The van der Waals surface area contributed by atoms with Crippen molar-refractivity contribution in [1.29, 1.82) is 0 Å². The van der Waals surface area contributed by atoms with Gasteiger partial charge in [0.25, 0.3) is 0 Å².